The van der Waals surface area contributed by atoms with Gasteiger partial charge in [-0.05, 0) is 125 Å². The van der Waals surface area contributed by atoms with Crippen molar-refractivity contribution in [2.24, 2.45) is 23.7 Å². The zero-order chi connectivity index (χ0) is 36.1. The number of sulfonamides is 1. The number of ether oxygens (including phenoxy) is 4. The number of rotatable bonds is 5. The van der Waals surface area contributed by atoms with Crippen molar-refractivity contribution in [1.29, 1.82) is 0 Å². The molecule has 2 bridgehead atoms. The van der Waals surface area contributed by atoms with Crippen LogP contribution in [-0.4, -0.2) is 90.9 Å². The molecule has 1 saturated carbocycles. The van der Waals surface area contributed by atoms with Gasteiger partial charge in [0.25, 0.3) is 5.91 Å². The molecule has 0 radical (unpaired) electrons. The number of hydrogen-bond acceptors (Lipinski definition) is 9. The van der Waals surface area contributed by atoms with E-state index in [4.69, 9.17) is 30.5 Å². The maximum atomic E-state index is 13.9. The van der Waals surface area contributed by atoms with E-state index in [0.29, 0.717) is 60.8 Å². The third kappa shape index (κ3) is 9.22. The molecular weight excluding hydrogens is 690 g/mol. The minimum Gasteiger partial charge on any atom is -0.487 e. The molecule has 2 aromatic carbocycles. The van der Waals surface area contributed by atoms with E-state index in [1.54, 1.807) is 13.2 Å². The molecule has 1 N–H and O–H groups in total. The van der Waals surface area contributed by atoms with E-state index in [-0.39, 0.29) is 30.8 Å². The van der Waals surface area contributed by atoms with Crippen LogP contribution in [0.3, 0.4) is 0 Å². The fourth-order valence-corrected chi connectivity index (χ4v) is 10.3. The van der Waals surface area contributed by atoms with Crippen molar-refractivity contribution < 1.29 is 32.2 Å². The predicted molar refractivity (Wildman–Crippen MR) is 200 cm³/mol. The second-order valence-electron chi connectivity index (χ2n) is 15.3. The number of aryl methyl sites for hydroxylation is 1. The van der Waals surface area contributed by atoms with Crippen LogP contribution in [0.5, 0.6) is 5.75 Å². The summed E-state index contributed by atoms with van der Waals surface area (Å²) in [6, 6.07) is 11.5. The standard InChI is InChI=1S/C39H56ClN3O7S/c1-26-8-7-10-34(39-49-24-32(25-50-39)42(2)3)33-15-12-29(33)22-43-18-6-5-9-27-20-31(40)14-11-30(27)23-48-36-16-13-28(21-35(36)43)38(44)41-51(45,46)37(26)17-19-47-4/h11,13-14,16,20-21,26,29,32-34,37,39H,5-10,12,15,17-19,22-25H2,1-4H3,(H,41,44)/t26-,29-,32?,33+,34+,37+,39?/m0/s1. The first kappa shape index (κ1) is 38.3. The second-order valence-corrected chi connectivity index (χ2v) is 17.6. The summed E-state index contributed by atoms with van der Waals surface area (Å²) in [5.41, 5.74) is 3.38. The molecule has 5 atom stereocenters. The number of anilines is 1. The third-order valence-corrected chi connectivity index (χ3v) is 14.0. The molecule has 0 unspecified atom stereocenters. The number of carbonyl (C=O) groups is 1. The lowest BCUT2D eigenvalue weighted by Crippen LogP contribution is -2.50. The summed E-state index contributed by atoms with van der Waals surface area (Å²) >= 11 is 6.39. The molecule has 10 nitrogen and oxygen atoms in total. The SMILES string of the molecule is COCC[C@@H]1[C@@H](C)CCC[C@@H](C2OCC(N(C)C)CO2)[C@@H]2CC[C@H]2CN2CCCCc3cc(Cl)ccc3COc3ccc(cc32)C(=O)NS1(=O)=O. The van der Waals surface area contributed by atoms with E-state index >= 15 is 0 Å². The summed E-state index contributed by atoms with van der Waals surface area (Å²) in [5, 5.41) is -0.0613. The fourth-order valence-electron chi connectivity index (χ4n) is 8.46. The zero-order valence-electron chi connectivity index (χ0n) is 30.7. The third-order valence-electron chi connectivity index (χ3n) is 11.8. The highest BCUT2D eigenvalue weighted by atomic mass is 35.5. The van der Waals surface area contributed by atoms with E-state index in [2.05, 4.69) is 28.6 Å². The first-order valence-corrected chi connectivity index (χ1v) is 20.7. The zero-order valence-corrected chi connectivity index (χ0v) is 32.2. The Morgan fingerprint density at radius 3 is 2.51 bits per heavy atom. The van der Waals surface area contributed by atoms with Crippen LogP contribution in [0.15, 0.2) is 36.4 Å². The first-order valence-electron chi connectivity index (χ1n) is 18.8. The van der Waals surface area contributed by atoms with Gasteiger partial charge >= 0.3 is 0 Å². The molecule has 0 aromatic heterocycles. The minimum atomic E-state index is -4.02. The topological polar surface area (TPSA) is 107 Å². The molecule has 1 amide bonds. The second kappa shape index (κ2) is 17.2. The van der Waals surface area contributed by atoms with E-state index in [0.717, 1.165) is 69.3 Å². The van der Waals surface area contributed by atoms with Crippen molar-refractivity contribution in [2.75, 3.05) is 59.0 Å². The van der Waals surface area contributed by atoms with Crippen LogP contribution in [0, 0.1) is 23.7 Å². The number of methoxy groups -OCH3 is 1. The number of nitrogens with one attached hydrogen (secondary N) is 1. The van der Waals surface area contributed by atoms with Crippen LogP contribution in [0.2, 0.25) is 5.02 Å². The van der Waals surface area contributed by atoms with E-state index < -0.39 is 21.2 Å². The maximum absolute atomic E-state index is 13.9. The Bertz CT molecular complexity index is 1600. The van der Waals surface area contributed by atoms with Gasteiger partial charge in [-0.25, -0.2) is 13.1 Å². The van der Waals surface area contributed by atoms with Crippen molar-refractivity contribution >= 4 is 33.2 Å². The van der Waals surface area contributed by atoms with Crippen LogP contribution in [0.25, 0.3) is 0 Å². The van der Waals surface area contributed by atoms with Crippen molar-refractivity contribution in [2.45, 2.75) is 88.9 Å². The molecule has 2 aromatic rings. The van der Waals surface area contributed by atoms with Gasteiger partial charge in [0.15, 0.2) is 6.29 Å². The van der Waals surface area contributed by atoms with Gasteiger partial charge in [0.2, 0.25) is 10.0 Å². The fraction of sp³-hybridized carbons (Fsp3) is 0.667. The Morgan fingerprint density at radius 1 is 0.980 bits per heavy atom. The molecule has 1 aliphatic carbocycles. The smallest absolute Gasteiger partial charge is 0.264 e. The maximum Gasteiger partial charge on any atom is 0.264 e. The first-order chi connectivity index (χ1) is 24.5. The molecule has 3 aliphatic heterocycles. The average Bonchev–Trinajstić information content (AvgIpc) is 3.12. The summed E-state index contributed by atoms with van der Waals surface area (Å²) < 4.78 is 55.1. The van der Waals surface area contributed by atoms with Gasteiger partial charge in [-0.1, -0.05) is 31.0 Å². The molecule has 51 heavy (non-hydrogen) atoms. The van der Waals surface area contributed by atoms with Crippen molar-refractivity contribution in [3.63, 3.8) is 0 Å². The lowest BCUT2D eigenvalue weighted by Gasteiger charge is -2.48. The van der Waals surface area contributed by atoms with Gasteiger partial charge in [0.1, 0.15) is 12.4 Å². The normalized spacial score (nSPS) is 30.5. The molecule has 4 aliphatic rings. The van der Waals surface area contributed by atoms with Gasteiger partial charge in [0.05, 0.1) is 30.2 Å². The largest absolute Gasteiger partial charge is 0.487 e. The summed E-state index contributed by atoms with van der Waals surface area (Å²) in [4.78, 5) is 18.3. The lowest BCUT2D eigenvalue weighted by atomic mass is 9.65. The number of likely N-dealkylation sites (N-methyl/N-ethyl adjacent to an activating group) is 1. The molecular formula is C39H56ClN3O7S. The minimum absolute atomic E-state index is 0.184. The number of carbonyl (C=O) groups excluding carboxylic acids is 1. The summed E-state index contributed by atoms with van der Waals surface area (Å²) in [6.07, 6.45) is 7.48. The molecule has 0 spiro atoms. The van der Waals surface area contributed by atoms with Crippen LogP contribution >= 0.6 is 11.6 Å². The quantitative estimate of drug-likeness (QED) is 0.378. The van der Waals surface area contributed by atoms with E-state index in [1.807, 2.05) is 37.3 Å². The number of nitrogens with zero attached hydrogens (tertiary/aromatic N) is 2. The molecule has 3 heterocycles. The highest BCUT2D eigenvalue weighted by molar-refractivity contribution is 7.90. The van der Waals surface area contributed by atoms with Gasteiger partial charge < -0.3 is 28.7 Å². The Kier molecular flexibility index (Phi) is 12.9. The summed E-state index contributed by atoms with van der Waals surface area (Å²) in [7, 11) is 1.67. The van der Waals surface area contributed by atoms with E-state index in [1.165, 1.54) is 5.56 Å². The van der Waals surface area contributed by atoms with Crippen LogP contribution in [-0.2, 0) is 37.3 Å². The highest BCUT2D eigenvalue weighted by Crippen LogP contribution is 2.46. The monoisotopic (exact) mass is 745 g/mol. The lowest BCUT2D eigenvalue weighted by molar-refractivity contribution is -0.240. The van der Waals surface area contributed by atoms with Crippen LogP contribution in [0.4, 0.5) is 5.69 Å². The van der Waals surface area contributed by atoms with Crippen molar-refractivity contribution in [3.05, 3.63) is 58.1 Å². The average molecular weight is 746 g/mol. The number of hydrogen-bond donors (Lipinski definition) is 1. The van der Waals surface area contributed by atoms with Crippen LogP contribution < -0.4 is 14.4 Å². The van der Waals surface area contributed by atoms with Gasteiger partial charge in [0, 0.05) is 43.3 Å². The molecule has 6 rings (SSSR count). The molecule has 282 valence electrons. The molecule has 1 saturated heterocycles. The Hall–Kier alpha value is -2.41. The van der Waals surface area contributed by atoms with Gasteiger partial charge in [-0.3, -0.25) is 4.79 Å². The number of halogens is 1. The molecule has 12 heteroatoms. The van der Waals surface area contributed by atoms with Crippen molar-refractivity contribution in [3.8, 4) is 5.75 Å². The van der Waals surface area contributed by atoms with Crippen molar-refractivity contribution in [1.82, 2.24) is 9.62 Å². The number of fused-ring (bicyclic) bond motifs is 3. The van der Waals surface area contributed by atoms with Gasteiger partial charge in [-0.15, -0.1) is 0 Å². The van der Waals surface area contributed by atoms with Gasteiger partial charge in [-0.2, -0.15) is 0 Å². The Balaban J connectivity index is 1.36. The Morgan fingerprint density at radius 2 is 1.78 bits per heavy atom. The van der Waals surface area contributed by atoms with Crippen LogP contribution in [0.1, 0.15) is 79.8 Å². The number of amides is 1. The summed E-state index contributed by atoms with van der Waals surface area (Å²) in [5.74, 6) is 0.884. The number of benzene rings is 2. The molecule has 2 fully saturated rings. The summed E-state index contributed by atoms with van der Waals surface area (Å²) in [6.45, 7) is 5.48. The predicted octanol–water partition coefficient (Wildman–Crippen LogP) is 6.29. The Labute approximate surface area is 309 Å². The highest BCUT2D eigenvalue weighted by Gasteiger charge is 2.44. The van der Waals surface area contributed by atoms with E-state index in [9.17, 15) is 13.2 Å².